The first-order chi connectivity index (χ1) is 15.5. The summed E-state index contributed by atoms with van der Waals surface area (Å²) >= 11 is 0. The minimum absolute atomic E-state index is 0.135. The molecule has 3 aromatic rings. The highest BCUT2D eigenvalue weighted by atomic mass is 16.2. The number of nitrogens with zero attached hydrogens (tertiary/aromatic N) is 2. The van der Waals surface area contributed by atoms with Gasteiger partial charge in [0.25, 0.3) is 5.56 Å². The van der Waals surface area contributed by atoms with Gasteiger partial charge in [0.1, 0.15) is 0 Å². The highest BCUT2D eigenvalue weighted by molar-refractivity contribution is 5.83. The van der Waals surface area contributed by atoms with Crippen molar-refractivity contribution in [3.8, 4) is 0 Å². The Hall–Kier alpha value is -3.12. The van der Waals surface area contributed by atoms with Crippen molar-refractivity contribution in [1.29, 1.82) is 0 Å². The highest BCUT2D eigenvalue weighted by Crippen LogP contribution is 2.19. The average Bonchev–Trinajstić information content (AvgIpc) is 3.30. The molecule has 2 amide bonds. The molecule has 4 rings (SSSR count). The van der Waals surface area contributed by atoms with Gasteiger partial charge in [-0.15, -0.1) is 0 Å². The van der Waals surface area contributed by atoms with Crippen LogP contribution in [0.25, 0.3) is 10.9 Å². The molecular weight excluding hydrogens is 400 g/mol. The van der Waals surface area contributed by atoms with Crippen molar-refractivity contribution in [2.24, 2.45) is 0 Å². The smallest absolute Gasteiger partial charge is 0.318 e. The average molecular weight is 433 g/mol. The molecule has 0 saturated carbocycles. The van der Waals surface area contributed by atoms with Crippen LogP contribution in [-0.4, -0.2) is 47.0 Å². The van der Waals surface area contributed by atoms with E-state index in [4.69, 9.17) is 0 Å². The molecule has 6 nitrogen and oxygen atoms in total. The fraction of sp³-hybridized carbons (Fsp3) is 0.385. The number of pyridine rings is 1. The largest absolute Gasteiger partial charge is 0.334 e. The first-order valence-electron chi connectivity index (χ1n) is 11.4. The predicted octanol–water partition coefficient (Wildman–Crippen LogP) is 3.95. The lowest BCUT2D eigenvalue weighted by Crippen LogP contribution is -2.43. The number of aromatic amines is 1. The van der Waals surface area contributed by atoms with Crippen molar-refractivity contribution >= 4 is 16.9 Å². The number of carbonyl (C=O) groups excluding carboxylic acids is 1. The third kappa shape index (κ3) is 5.37. The van der Waals surface area contributed by atoms with E-state index < -0.39 is 0 Å². The van der Waals surface area contributed by atoms with E-state index in [0.29, 0.717) is 18.7 Å². The molecule has 0 aliphatic carbocycles. The van der Waals surface area contributed by atoms with Gasteiger partial charge in [-0.2, -0.15) is 0 Å². The van der Waals surface area contributed by atoms with Crippen LogP contribution >= 0.6 is 0 Å². The maximum absolute atomic E-state index is 13.1. The number of likely N-dealkylation sites (tertiary alicyclic amines) is 1. The number of H-pyrrole nitrogens is 1. The molecule has 168 valence electrons. The van der Waals surface area contributed by atoms with Crippen LogP contribution in [-0.2, 0) is 13.1 Å². The number of fused-ring (bicyclic) bond motifs is 1. The van der Waals surface area contributed by atoms with Crippen LogP contribution in [0.2, 0.25) is 0 Å². The Kier molecular flexibility index (Phi) is 6.90. The van der Waals surface area contributed by atoms with Crippen LogP contribution in [0.1, 0.15) is 35.1 Å². The Labute approximate surface area is 189 Å². The molecule has 0 bridgehead atoms. The first kappa shape index (κ1) is 22.1. The van der Waals surface area contributed by atoms with Gasteiger partial charge in [-0.3, -0.25) is 4.79 Å². The fourth-order valence-corrected chi connectivity index (χ4v) is 4.45. The maximum atomic E-state index is 13.1. The molecule has 1 aliphatic heterocycles. The van der Waals surface area contributed by atoms with Gasteiger partial charge in [-0.05, 0) is 68.6 Å². The van der Waals surface area contributed by atoms with E-state index in [1.165, 1.54) is 12.8 Å². The molecule has 2 heterocycles. The Morgan fingerprint density at radius 3 is 2.59 bits per heavy atom. The number of aromatic nitrogens is 1. The zero-order valence-electron chi connectivity index (χ0n) is 19.0. The van der Waals surface area contributed by atoms with Crippen LogP contribution in [0.4, 0.5) is 4.79 Å². The van der Waals surface area contributed by atoms with Gasteiger partial charge in [0, 0.05) is 36.1 Å². The molecule has 0 unspecified atom stereocenters. The monoisotopic (exact) mass is 432 g/mol. The number of hydrogen-bond acceptors (Lipinski definition) is 3. The zero-order valence-corrected chi connectivity index (χ0v) is 19.0. The fourth-order valence-electron chi connectivity index (χ4n) is 4.45. The van der Waals surface area contributed by atoms with E-state index in [1.54, 1.807) is 4.90 Å². The quantitative estimate of drug-likeness (QED) is 0.594. The molecule has 0 spiro atoms. The summed E-state index contributed by atoms with van der Waals surface area (Å²) in [5.41, 5.74) is 4.61. The summed E-state index contributed by atoms with van der Waals surface area (Å²) in [6, 6.07) is 15.8. The molecule has 0 atom stereocenters. The van der Waals surface area contributed by atoms with Crippen molar-refractivity contribution in [3.63, 3.8) is 0 Å². The summed E-state index contributed by atoms with van der Waals surface area (Å²) in [4.78, 5) is 33.1. The second-order valence-electron chi connectivity index (χ2n) is 8.78. The van der Waals surface area contributed by atoms with Crippen LogP contribution in [0, 0.1) is 13.8 Å². The number of hydrogen-bond donors (Lipinski definition) is 2. The Balaban J connectivity index is 1.54. The van der Waals surface area contributed by atoms with E-state index >= 15 is 0 Å². The van der Waals surface area contributed by atoms with Crippen molar-refractivity contribution in [2.75, 3.05) is 26.2 Å². The maximum Gasteiger partial charge on any atom is 0.318 e. The van der Waals surface area contributed by atoms with Gasteiger partial charge in [0.05, 0.1) is 6.54 Å². The number of benzene rings is 2. The third-order valence-corrected chi connectivity index (χ3v) is 6.21. The molecule has 1 saturated heterocycles. The first-order valence-corrected chi connectivity index (χ1v) is 11.4. The highest BCUT2D eigenvalue weighted by Gasteiger charge is 2.19. The van der Waals surface area contributed by atoms with Crippen LogP contribution in [0.15, 0.2) is 53.3 Å². The van der Waals surface area contributed by atoms with Crippen molar-refractivity contribution in [1.82, 2.24) is 20.1 Å². The number of carbonyl (C=O) groups is 1. The number of aryl methyl sites for hydroxylation is 2. The van der Waals surface area contributed by atoms with Crippen molar-refractivity contribution in [2.45, 2.75) is 39.8 Å². The van der Waals surface area contributed by atoms with Gasteiger partial charge < -0.3 is 20.1 Å². The SMILES string of the molecule is Cc1cc(C)c2cc(CN(CCN3CCCC3)C(=O)NCc3ccccc3)c(=O)[nH]c2c1. The molecule has 32 heavy (non-hydrogen) atoms. The number of rotatable bonds is 7. The Bertz CT molecular complexity index is 1130. The number of urea groups is 1. The standard InChI is InChI=1S/C26H32N4O2/c1-19-14-20(2)23-16-22(25(31)28-24(23)15-19)18-30(13-12-29-10-6-7-11-29)26(32)27-17-21-8-4-3-5-9-21/h3-5,8-9,14-16H,6-7,10-13,17-18H2,1-2H3,(H,27,32)(H,28,31). The third-order valence-electron chi connectivity index (χ3n) is 6.21. The second kappa shape index (κ2) is 10.0. The molecule has 6 heteroatoms. The topological polar surface area (TPSA) is 68.4 Å². The van der Waals surface area contributed by atoms with Crippen molar-refractivity contribution < 1.29 is 4.79 Å². The van der Waals surface area contributed by atoms with E-state index in [9.17, 15) is 9.59 Å². The van der Waals surface area contributed by atoms with Gasteiger partial charge in [0.15, 0.2) is 0 Å². The van der Waals surface area contributed by atoms with E-state index in [2.05, 4.69) is 28.2 Å². The molecule has 2 aromatic carbocycles. The molecular formula is C26H32N4O2. The summed E-state index contributed by atoms with van der Waals surface area (Å²) in [5.74, 6) is 0. The minimum Gasteiger partial charge on any atom is -0.334 e. The van der Waals surface area contributed by atoms with E-state index in [0.717, 1.165) is 47.2 Å². The van der Waals surface area contributed by atoms with Gasteiger partial charge in [0.2, 0.25) is 0 Å². The van der Waals surface area contributed by atoms with Gasteiger partial charge in [-0.25, -0.2) is 4.79 Å². The molecule has 1 fully saturated rings. The van der Waals surface area contributed by atoms with Crippen LogP contribution in [0.3, 0.4) is 0 Å². The minimum atomic E-state index is -0.145. The van der Waals surface area contributed by atoms with Gasteiger partial charge in [-0.1, -0.05) is 36.4 Å². The zero-order chi connectivity index (χ0) is 22.5. The lowest BCUT2D eigenvalue weighted by Gasteiger charge is -2.26. The number of nitrogens with one attached hydrogen (secondary N) is 2. The summed E-state index contributed by atoms with van der Waals surface area (Å²) < 4.78 is 0. The summed E-state index contributed by atoms with van der Waals surface area (Å²) in [6.45, 7) is 8.39. The number of amides is 2. The lowest BCUT2D eigenvalue weighted by atomic mass is 10.0. The van der Waals surface area contributed by atoms with E-state index in [1.807, 2.05) is 49.4 Å². The second-order valence-corrected chi connectivity index (χ2v) is 8.78. The Morgan fingerprint density at radius 2 is 1.84 bits per heavy atom. The summed E-state index contributed by atoms with van der Waals surface area (Å²) in [5, 5.41) is 4.05. The lowest BCUT2D eigenvalue weighted by molar-refractivity contribution is 0.184. The van der Waals surface area contributed by atoms with E-state index in [-0.39, 0.29) is 18.1 Å². The molecule has 0 radical (unpaired) electrons. The van der Waals surface area contributed by atoms with Crippen LogP contribution < -0.4 is 10.9 Å². The van der Waals surface area contributed by atoms with Crippen molar-refractivity contribution in [3.05, 3.63) is 81.1 Å². The summed E-state index contributed by atoms with van der Waals surface area (Å²) in [6.07, 6.45) is 2.42. The molecule has 2 N–H and O–H groups in total. The normalized spacial score (nSPS) is 14.1. The van der Waals surface area contributed by atoms with Crippen LogP contribution in [0.5, 0.6) is 0 Å². The Morgan fingerprint density at radius 1 is 1.09 bits per heavy atom. The van der Waals surface area contributed by atoms with Gasteiger partial charge >= 0.3 is 6.03 Å². The summed E-state index contributed by atoms with van der Waals surface area (Å²) in [7, 11) is 0. The molecule has 1 aliphatic rings. The predicted molar refractivity (Wildman–Crippen MR) is 129 cm³/mol. The molecule has 1 aromatic heterocycles.